The summed E-state index contributed by atoms with van der Waals surface area (Å²) in [6.45, 7) is 4.08. The quantitative estimate of drug-likeness (QED) is 0.891. The maximum Gasteiger partial charge on any atom is 0.261 e. The number of hydrogen-bond acceptors (Lipinski definition) is 3. The van der Waals surface area contributed by atoms with Gasteiger partial charge in [-0.05, 0) is 31.5 Å². The summed E-state index contributed by atoms with van der Waals surface area (Å²) in [5.41, 5.74) is 1.03. The Hall–Kier alpha value is -2.14. The topological polar surface area (TPSA) is 58.2 Å². The van der Waals surface area contributed by atoms with E-state index < -0.39 is 6.04 Å². The second kappa shape index (κ2) is 7.04. The van der Waals surface area contributed by atoms with Gasteiger partial charge in [0.2, 0.25) is 5.91 Å². The van der Waals surface area contributed by atoms with Crippen LogP contribution in [-0.4, -0.2) is 17.9 Å². The molecule has 0 unspecified atom stereocenters. The van der Waals surface area contributed by atoms with E-state index in [0.29, 0.717) is 11.4 Å². The Morgan fingerprint density at radius 3 is 2.48 bits per heavy atom. The van der Waals surface area contributed by atoms with Gasteiger partial charge in [0.25, 0.3) is 5.91 Å². The largest absolute Gasteiger partial charge is 0.350 e. The van der Waals surface area contributed by atoms with Crippen molar-refractivity contribution in [2.45, 2.75) is 26.4 Å². The van der Waals surface area contributed by atoms with Crippen molar-refractivity contribution in [2.75, 3.05) is 0 Å². The first-order chi connectivity index (χ1) is 10.1. The summed E-state index contributed by atoms with van der Waals surface area (Å²) in [6, 6.07) is 12.7. The molecule has 2 amide bonds. The highest BCUT2D eigenvalue weighted by Crippen LogP contribution is 2.14. The van der Waals surface area contributed by atoms with Crippen LogP contribution in [0.4, 0.5) is 0 Å². The molecule has 5 heteroatoms. The van der Waals surface area contributed by atoms with Gasteiger partial charge in [0.05, 0.1) is 4.88 Å². The maximum atomic E-state index is 12.0. The third-order valence-electron chi connectivity index (χ3n) is 3.01. The van der Waals surface area contributed by atoms with Crippen LogP contribution in [0.2, 0.25) is 0 Å². The van der Waals surface area contributed by atoms with E-state index in [4.69, 9.17) is 0 Å². The fraction of sp³-hybridized carbons (Fsp3) is 0.250. The van der Waals surface area contributed by atoms with Crippen LogP contribution < -0.4 is 10.6 Å². The Bertz CT molecular complexity index is 622. The summed E-state index contributed by atoms with van der Waals surface area (Å²) in [5.74, 6) is -0.407. The molecule has 4 nitrogen and oxygen atoms in total. The second-order valence-corrected chi connectivity index (χ2v) is 6.10. The van der Waals surface area contributed by atoms with E-state index >= 15 is 0 Å². The first-order valence-electron chi connectivity index (χ1n) is 6.75. The average Bonchev–Trinajstić information content (AvgIpc) is 2.92. The third kappa shape index (κ3) is 4.43. The van der Waals surface area contributed by atoms with Crippen molar-refractivity contribution in [3.63, 3.8) is 0 Å². The standard InChI is InChI=1S/C16H18N2O2S/c1-11-8-9-14(21-11)16(20)18-12(2)15(19)17-10-13-6-4-3-5-7-13/h3-9,12H,10H2,1-2H3,(H,17,19)(H,18,20)/t12-/m0/s1. The van der Waals surface area contributed by atoms with Crippen molar-refractivity contribution in [3.05, 3.63) is 57.8 Å². The molecule has 110 valence electrons. The minimum Gasteiger partial charge on any atom is -0.350 e. The first-order valence-corrected chi connectivity index (χ1v) is 7.57. The summed E-state index contributed by atoms with van der Waals surface area (Å²) < 4.78 is 0. The third-order valence-corrected chi connectivity index (χ3v) is 4.01. The number of carbonyl (C=O) groups excluding carboxylic acids is 2. The summed E-state index contributed by atoms with van der Waals surface area (Å²) in [7, 11) is 0. The lowest BCUT2D eigenvalue weighted by molar-refractivity contribution is -0.122. The van der Waals surface area contributed by atoms with Crippen LogP contribution in [-0.2, 0) is 11.3 Å². The molecule has 2 aromatic rings. The molecular weight excluding hydrogens is 284 g/mol. The molecule has 1 aromatic carbocycles. The number of benzene rings is 1. The van der Waals surface area contributed by atoms with Gasteiger partial charge < -0.3 is 10.6 Å². The van der Waals surface area contributed by atoms with Gasteiger partial charge in [-0.2, -0.15) is 0 Å². The van der Waals surface area contributed by atoms with Crippen LogP contribution in [0, 0.1) is 6.92 Å². The van der Waals surface area contributed by atoms with Gasteiger partial charge in [-0.1, -0.05) is 30.3 Å². The molecule has 0 saturated heterocycles. The zero-order chi connectivity index (χ0) is 15.2. The Morgan fingerprint density at radius 1 is 1.14 bits per heavy atom. The molecule has 2 N–H and O–H groups in total. The van der Waals surface area contributed by atoms with E-state index in [1.165, 1.54) is 11.3 Å². The normalized spacial score (nSPS) is 11.7. The lowest BCUT2D eigenvalue weighted by Crippen LogP contribution is -2.44. The number of hydrogen-bond donors (Lipinski definition) is 2. The van der Waals surface area contributed by atoms with E-state index in [9.17, 15) is 9.59 Å². The molecule has 21 heavy (non-hydrogen) atoms. The number of aryl methyl sites for hydroxylation is 1. The van der Waals surface area contributed by atoms with Crippen molar-refractivity contribution in [1.29, 1.82) is 0 Å². The summed E-state index contributed by atoms with van der Waals surface area (Å²) >= 11 is 1.42. The minimum absolute atomic E-state index is 0.194. The van der Waals surface area contributed by atoms with Gasteiger partial charge in [0, 0.05) is 11.4 Å². The Morgan fingerprint density at radius 2 is 1.86 bits per heavy atom. The number of thiophene rings is 1. The lowest BCUT2D eigenvalue weighted by Gasteiger charge is -2.13. The van der Waals surface area contributed by atoms with Crippen LogP contribution in [0.1, 0.15) is 27.0 Å². The van der Waals surface area contributed by atoms with Gasteiger partial charge in [0.1, 0.15) is 6.04 Å². The number of nitrogens with one attached hydrogen (secondary N) is 2. The number of amides is 2. The highest BCUT2D eigenvalue weighted by atomic mass is 32.1. The fourth-order valence-corrected chi connectivity index (χ4v) is 2.60. The molecule has 2 rings (SSSR count). The molecule has 0 saturated carbocycles. The minimum atomic E-state index is -0.566. The van der Waals surface area contributed by atoms with Crippen LogP contribution in [0.25, 0.3) is 0 Å². The van der Waals surface area contributed by atoms with Crippen molar-refractivity contribution in [1.82, 2.24) is 10.6 Å². The molecule has 1 atom stereocenters. The molecule has 0 aliphatic heterocycles. The molecule has 0 radical (unpaired) electrons. The van der Waals surface area contributed by atoms with E-state index in [0.717, 1.165) is 10.4 Å². The smallest absolute Gasteiger partial charge is 0.261 e. The zero-order valence-electron chi connectivity index (χ0n) is 12.1. The van der Waals surface area contributed by atoms with Crippen molar-refractivity contribution in [3.8, 4) is 0 Å². The summed E-state index contributed by atoms with van der Waals surface area (Å²) in [5, 5.41) is 5.52. The molecule has 0 spiro atoms. The van der Waals surface area contributed by atoms with Gasteiger partial charge in [-0.15, -0.1) is 11.3 Å². The molecule has 0 bridgehead atoms. The molecule has 0 aliphatic rings. The van der Waals surface area contributed by atoms with Crippen molar-refractivity contribution < 1.29 is 9.59 Å². The SMILES string of the molecule is Cc1ccc(C(=O)N[C@@H](C)C(=O)NCc2ccccc2)s1. The second-order valence-electron chi connectivity index (χ2n) is 4.81. The predicted molar refractivity (Wildman–Crippen MR) is 84.3 cm³/mol. The van der Waals surface area contributed by atoms with Crippen molar-refractivity contribution in [2.24, 2.45) is 0 Å². The summed E-state index contributed by atoms with van der Waals surface area (Å²) in [4.78, 5) is 25.6. The zero-order valence-corrected chi connectivity index (χ0v) is 12.9. The predicted octanol–water partition coefficient (Wildman–Crippen LogP) is 2.49. The Kier molecular flexibility index (Phi) is 5.11. The Labute approximate surface area is 128 Å². The first kappa shape index (κ1) is 15.3. The summed E-state index contributed by atoms with van der Waals surface area (Å²) in [6.07, 6.45) is 0. The lowest BCUT2D eigenvalue weighted by atomic mass is 10.2. The van der Waals surface area contributed by atoms with Crippen LogP contribution >= 0.6 is 11.3 Å². The fourth-order valence-electron chi connectivity index (χ4n) is 1.83. The molecular formula is C16H18N2O2S. The van der Waals surface area contributed by atoms with Gasteiger partial charge in [-0.25, -0.2) is 0 Å². The van der Waals surface area contributed by atoms with Crippen LogP contribution in [0.15, 0.2) is 42.5 Å². The molecule has 1 heterocycles. The number of rotatable bonds is 5. The van der Waals surface area contributed by atoms with E-state index in [-0.39, 0.29) is 11.8 Å². The maximum absolute atomic E-state index is 12.0. The van der Waals surface area contributed by atoms with E-state index in [1.54, 1.807) is 13.0 Å². The van der Waals surface area contributed by atoms with Crippen molar-refractivity contribution >= 4 is 23.2 Å². The average molecular weight is 302 g/mol. The number of carbonyl (C=O) groups is 2. The molecule has 0 aliphatic carbocycles. The highest BCUT2D eigenvalue weighted by molar-refractivity contribution is 7.13. The van der Waals surface area contributed by atoms with Crippen LogP contribution in [0.5, 0.6) is 0 Å². The molecule has 1 aromatic heterocycles. The Balaban J connectivity index is 1.83. The van der Waals surface area contributed by atoms with Gasteiger partial charge in [0.15, 0.2) is 0 Å². The van der Waals surface area contributed by atoms with E-state index in [2.05, 4.69) is 10.6 Å². The molecule has 0 fully saturated rings. The van der Waals surface area contributed by atoms with E-state index in [1.807, 2.05) is 43.3 Å². The van der Waals surface area contributed by atoms with Crippen LogP contribution in [0.3, 0.4) is 0 Å². The highest BCUT2D eigenvalue weighted by Gasteiger charge is 2.17. The van der Waals surface area contributed by atoms with Gasteiger partial charge in [-0.3, -0.25) is 9.59 Å². The van der Waals surface area contributed by atoms with Gasteiger partial charge >= 0.3 is 0 Å². The monoisotopic (exact) mass is 302 g/mol.